The number of amides is 1. The number of nitro benzene ring substituents is 1. The first-order valence-corrected chi connectivity index (χ1v) is 9.37. The molecule has 1 heterocycles. The Morgan fingerprint density at radius 2 is 1.93 bits per heavy atom. The van der Waals surface area contributed by atoms with Crippen molar-refractivity contribution < 1.29 is 9.72 Å². The zero-order valence-corrected chi connectivity index (χ0v) is 15.9. The monoisotopic (exact) mass is 381 g/mol. The van der Waals surface area contributed by atoms with Crippen LogP contribution in [-0.4, -0.2) is 22.4 Å². The van der Waals surface area contributed by atoms with Gasteiger partial charge in [-0.05, 0) is 31.9 Å². The number of nitrogens with one attached hydrogen (secondary N) is 1. The fourth-order valence-corrected chi connectivity index (χ4v) is 3.44. The normalized spacial score (nSPS) is 10.6. The average molecular weight is 381 g/mol. The summed E-state index contributed by atoms with van der Waals surface area (Å²) in [6.07, 6.45) is 0.677. The van der Waals surface area contributed by atoms with Crippen LogP contribution < -0.4 is 5.32 Å². The number of nitro groups is 1. The van der Waals surface area contributed by atoms with E-state index in [1.165, 1.54) is 12.1 Å². The number of thiazole rings is 1. The van der Waals surface area contributed by atoms with Crippen LogP contribution in [0.3, 0.4) is 0 Å². The molecule has 0 spiro atoms. The zero-order valence-electron chi connectivity index (χ0n) is 15.1. The van der Waals surface area contributed by atoms with E-state index in [9.17, 15) is 14.9 Å². The molecule has 2 aromatic carbocycles. The molecule has 1 aromatic heterocycles. The van der Waals surface area contributed by atoms with Gasteiger partial charge in [0.15, 0.2) is 0 Å². The van der Waals surface area contributed by atoms with E-state index >= 15 is 0 Å². The minimum atomic E-state index is -0.475. The van der Waals surface area contributed by atoms with Crippen molar-refractivity contribution in [3.63, 3.8) is 0 Å². The van der Waals surface area contributed by atoms with Crippen molar-refractivity contribution in [2.75, 3.05) is 6.54 Å². The Morgan fingerprint density at radius 3 is 2.56 bits per heavy atom. The Labute approximate surface area is 161 Å². The lowest BCUT2D eigenvalue weighted by Gasteiger charge is -2.08. The molecule has 0 bridgehead atoms. The highest BCUT2D eigenvalue weighted by molar-refractivity contribution is 7.09. The molecule has 0 aliphatic carbocycles. The van der Waals surface area contributed by atoms with Crippen LogP contribution in [0.1, 0.15) is 26.5 Å². The van der Waals surface area contributed by atoms with E-state index in [1.807, 2.05) is 36.6 Å². The Balaban J connectivity index is 1.59. The minimum absolute atomic E-state index is 0.0458. The summed E-state index contributed by atoms with van der Waals surface area (Å²) in [5, 5.41) is 16.9. The summed E-state index contributed by atoms with van der Waals surface area (Å²) < 4.78 is 0. The third-order valence-electron chi connectivity index (χ3n) is 4.31. The molecule has 3 rings (SSSR count). The fraction of sp³-hybridized carbons (Fsp3) is 0.200. The van der Waals surface area contributed by atoms with Crippen LogP contribution in [0.15, 0.2) is 47.8 Å². The van der Waals surface area contributed by atoms with Crippen molar-refractivity contribution in [3.8, 4) is 11.3 Å². The molecular formula is C20H19N3O3S. The van der Waals surface area contributed by atoms with Crippen LogP contribution in [-0.2, 0) is 6.42 Å². The third-order valence-corrected chi connectivity index (χ3v) is 5.09. The summed E-state index contributed by atoms with van der Waals surface area (Å²) >= 11 is 1.62. The van der Waals surface area contributed by atoms with E-state index in [2.05, 4.69) is 10.3 Å². The van der Waals surface area contributed by atoms with Crippen LogP contribution in [0.2, 0.25) is 0 Å². The molecule has 1 amide bonds. The Kier molecular flexibility index (Phi) is 5.61. The first kappa shape index (κ1) is 18.7. The number of hydrogen-bond donors (Lipinski definition) is 1. The summed E-state index contributed by atoms with van der Waals surface area (Å²) in [6.45, 7) is 4.02. The standard InChI is InChI=1S/C20H19N3O3S/c1-13-17(4-3-5-19(13)23(25)26)20(24)21-11-10-15-6-8-16(9-7-15)18-12-27-14(2)22-18/h3-9,12H,10-11H2,1-2H3,(H,21,24). The molecule has 27 heavy (non-hydrogen) atoms. The summed E-state index contributed by atoms with van der Waals surface area (Å²) in [6, 6.07) is 12.6. The molecule has 3 aromatic rings. The lowest BCUT2D eigenvalue weighted by atomic mass is 10.1. The second-order valence-corrected chi connectivity index (χ2v) is 7.22. The average Bonchev–Trinajstić information content (AvgIpc) is 3.08. The van der Waals surface area contributed by atoms with Gasteiger partial charge in [0.1, 0.15) is 0 Å². The van der Waals surface area contributed by atoms with Gasteiger partial charge in [-0.25, -0.2) is 4.98 Å². The minimum Gasteiger partial charge on any atom is -0.352 e. The van der Waals surface area contributed by atoms with E-state index < -0.39 is 4.92 Å². The maximum atomic E-state index is 12.3. The predicted octanol–water partition coefficient (Wildman–Crippen LogP) is 4.31. The summed E-state index contributed by atoms with van der Waals surface area (Å²) in [4.78, 5) is 27.3. The smallest absolute Gasteiger partial charge is 0.273 e. The van der Waals surface area contributed by atoms with Gasteiger partial charge in [-0.15, -0.1) is 11.3 Å². The maximum absolute atomic E-state index is 12.3. The lowest BCUT2D eigenvalue weighted by molar-refractivity contribution is -0.385. The Hall–Kier alpha value is -3.06. The fourth-order valence-electron chi connectivity index (χ4n) is 2.82. The van der Waals surface area contributed by atoms with Crippen molar-refractivity contribution in [1.29, 1.82) is 0 Å². The molecular weight excluding hydrogens is 362 g/mol. The van der Waals surface area contributed by atoms with Crippen LogP contribution in [0.4, 0.5) is 5.69 Å². The SMILES string of the molecule is Cc1nc(-c2ccc(CCNC(=O)c3cccc([N+](=O)[O-])c3C)cc2)cs1. The number of hydrogen-bond acceptors (Lipinski definition) is 5. The van der Waals surface area contributed by atoms with Crippen LogP contribution in [0, 0.1) is 24.0 Å². The first-order chi connectivity index (χ1) is 13.0. The number of carbonyl (C=O) groups is 1. The molecule has 6 nitrogen and oxygen atoms in total. The van der Waals surface area contributed by atoms with Crippen molar-refractivity contribution in [1.82, 2.24) is 10.3 Å². The molecule has 1 N–H and O–H groups in total. The second-order valence-electron chi connectivity index (χ2n) is 6.16. The molecule has 0 saturated carbocycles. The molecule has 0 atom stereocenters. The molecule has 0 aliphatic heterocycles. The number of aromatic nitrogens is 1. The van der Waals surface area contributed by atoms with Gasteiger partial charge in [-0.2, -0.15) is 0 Å². The van der Waals surface area contributed by atoms with Gasteiger partial charge in [-0.1, -0.05) is 30.3 Å². The highest BCUT2D eigenvalue weighted by atomic mass is 32.1. The van der Waals surface area contributed by atoms with E-state index in [-0.39, 0.29) is 11.6 Å². The third kappa shape index (κ3) is 4.38. The Bertz CT molecular complexity index is 980. The van der Waals surface area contributed by atoms with Crippen molar-refractivity contribution in [3.05, 3.63) is 79.7 Å². The predicted molar refractivity (Wildman–Crippen MR) is 106 cm³/mol. The molecule has 0 fully saturated rings. The highest BCUT2D eigenvalue weighted by Gasteiger charge is 2.17. The largest absolute Gasteiger partial charge is 0.352 e. The highest BCUT2D eigenvalue weighted by Crippen LogP contribution is 2.22. The van der Waals surface area contributed by atoms with Gasteiger partial charge in [-0.3, -0.25) is 14.9 Å². The molecule has 7 heteroatoms. The van der Waals surface area contributed by atoms with Gasteiger partial charge in [0.25, 0.3) is 11.6 Å². The van der Waals surface area contributed by atoms with Gasteiger partial charge in [0, 0.05) is 34.7 Å². The van der Waals surface area contributed by atoms with E-state index in [1.54, 1.807) is 24.3 Å². The lowest BCUT2D eigenvalue weighted by Crippen LogP contribution is -2.26. The van der Waals surface area contributed by atoms with E-state index in [0.717, 1.165) is 21.8 Å². The zero-order chi connectivity index (χ0) is 19.4. The first-order valence-electron chi connectivity index (χ1n) is 8.49. The summed E-state index contributed by atoms with van der Waals surface area (Å²) in [7, 11) is 0. The number of rotatable bonds is 6. The number of carbonyl (C=O) groups excluding carboxylic acids is 1. The maximum Gasteiger partial charge on any atom is 0.273 e. The topological polar surface area (TPSA) is 85.1 Å². The van der Waals surface area contributed by atoms with Gasteiger partial charge < -0.3 is 5.32 Å². The number of aryl methyl sites for hydroxylation is 1. The van der Waals surface area contributed by atoms with Gasteiger partial charge >= 0.3 is 0 Å². The Morgan fingerprint density at radius 1 is 1.19 bits per heavy atom. The number of benzene rings is 2. The van der Waals surface area contributed by atoms with Crippen molar-refractivity contribution in [2.45, 2.75) is 20.3 Å². The van der Waals surface area contributed by atoms with E-state index in [4.69, 9.17) is 0 Å². The second kappa shape index (κ2) is 8.09. The molecule has 0 unspecified atom stereocenters. The summed E-state index contributed by atoms with van der Waals surface area (Å²) in [5.41, 5.74) is 3.80. The van der Waals surface area contributed by atoms with Gasteiger partial charge in [0.05, 0.1) is 15.6 Å². The molecule has 138 valence electrons. The molecule has 0 saturated heterocycles. The van der Waals surface area contributed by atoms with Crippen molar-refractivity contribution in [2.24, 2.45) is 0 Å². The number of nitrogens with zero attached hydrogens (tertiary/aromatic N) is 2. The molecule has 0 radical (unpaired) electrons. The quantitative estimate of drug-likeness (QED) is 0.509. The van der Waals surface area contributed by atoms with Crippen LogP contribution in [0.5, 0.6) is 0 Å². The van der Waals surface area contributed by atoms with Gasteiger partial charge in [0.2, 0.25) is 0 Å². The van der Waals surface area contributed by atoms with Crippen LogP contribution in [0.25, 0.3) is 11.3 Å². The van der Waals surface area contributed by atoms with Crippen molar-refractivity contribution >= 4 is 22.9 Å². The van der Waals surface area contributed by atoms with Crippen LogP contribution >= 0.6 is 11.3 Å². The molecule has 0 aliphatic rings. The van der Waals surface area contributed by atoms with E-state index in [0.29, 0.717) is 24.1 Å². The summed E-state index contributed by atoms with van der Waals surface area (Å²) in [5.74, 6) is -0.300.